The SMILES string of the molecule is COc1cc(-c2nccc(-c3ccccc3Cl)c2Cl)cc(F)c1C=O. The second-order valence-corrected chi connectivity index (χ2v) is 5.98. The van der Waals surface area contributed by atoms with Gasteiger partial charge in [-0.05, 0) is 24.3 Å². The number of pyridine rings is 1. The van der Waals surface area contributed by atoms with Gasteiger partial charge in [-0.25, -0.2) is 4.39 Å². The maximum absolute atomic E-state index is 14.2. The summed E-state index contributed by atoms with van der Waals surface area (Å²) in [5.74, 6) is -0.587. The van der Waals surface area contributed by atoms with Crippen LogP contribution in [0.15, 0.2) is 48.7 Å². The summed E-state index contributed by atoms with van der Waals surface area (Å²) in [5, 5.41) is 0.873. The predicted molar refractivity (Wildman–Crippen MR) is 97.0 cm³/mol. The zero-order valence-electron chi connectivity index (χ0n) is 13.1. The molecular weight excluding hydrogens is 364 g/mol. The zero-order chi connectivity index (χ0) is 18.0. The number of hydrogen-bond acceptors (Lipinski definition) is 3. The molecule has 0 saturated carbocycles. The van der Waals surface area contributed by atoms with Crippen LogP contribution in [0.3, 0.4) is 0 Å². The van der Waals surface area contributed by atoms with Gasteiger partial charge >= 0.3 is 0 Å². The number of rotatable bonds is 4. The van der Waals surface area contributed by atoms with E-state index in [-0.39, 0.29) is 11.3 Å². The number of hydrogen-bond donors (Lipinski definition) is 0. The van der Waals surface area contributed by atoms with Crippen LogP contribution >= 0.6 is 23.2 Å². The monoisotopic (exact) mass is 375 g/mol. The van der Waals surface area contributed by atoms with Crippen LogP contribution < -0.4 is 4.74 Å². The summed E-state index contributed by atoms with van der Waals surface area (Å²) in [7, 11) is 1.36. The molecule has 1 aromatic heterocycles. The third-order valence-electron chi connectivity index (χ3n) is 3.76. The predicted octanol–water partition coefficient (Wildman–Crippen LogP) is 5.68. The lowest BCUT2D eigenvalue weighted by atomic mass is 10.0. The van der Waals surface area contributed by atoms with Crippen molar-refractivity contribution in [2.24, 2.45) is 0 Å². The van der Waals surface area contributed by atoms with Crippen molar-refractivity contribution in [3.8, 4) is 28.1 Å². The Morgan fingerprint density at radius 1 is 1.12 bits per heavy atom. The van der Waals surface area contributed by atoms with E-state index in [4.69, 9.17) is 27.9 Å². The maximum Gasteiger partial charge on any atom is 0.156 e. The quantitative estimate of drug-likeness (QED) is 0.550. The summed E-state index contributed by atoms with van der Waals surface area (Å²) in [6, 6.07) is 11.7. The van der Waals surface area contributed by atoms with Crippen LogP contribution in [0.2, 0.25) is 10.0 Å². The largest absolute Gasteiger partial charge is 0.496 e. The summed E-state index contributed by atoms with van der Waals surface area (Å²) < 4.78 is 19.3. The fraction of sp³-hybridized carbons (Fsp3) is 0.0526. The van der Waals surface area contributed by atoms with Gasteiger partial charge in [0.15, 0.2) is 6.29 Å². The highest BCUT2D eigenvalue weighted by molar-refractivity contribution is 6.38. The molecule has 3 aromatic rings. The van der Waals surface area contributed by atoms with Gasteiger partial charge < -0.3 is 4.74 Å². The summed E-state index contributed by atoms with van der Waals surface area (Å²) >= 11 is 12.8. The maximum atomic E-state index is 14.2. The Labute approximate surface area is 154 Å². The van der Waals surface area contributed by atoms with E-state index in [2.05, 4.69) is 4.98 Å². The zero-order valence-corrected chi connectivity index (χ0v) is 14.6. The molecule has 0 aliphatic heterocycles. The van der Waals surface area contributed by atoms with E-state index < -0.39 is 5.82 Å². The van der Waals surface area contributed by atoms with Gasteiger partial charge in [-0.1, -0.05) is 41.4 Å². The minimum absolute atomic E-state index is 0.117. The van der Waals surface area contributed by atoms with E-state index in [1.165, 1.54) is 19.2 Å². The molecule has 3 nitrogen and oxygen atoms in total. The smallest absolute Gasteiger partial charge is 0.156 e. The molecule has 0 unspecified atom stereocenters. The van der Waals surface area contributed by atoms with Gasteiger partial charge in [0.25, 0.3) is 0 Å². The molecule has 0 saturated heterocycles. The van der Waals surface area contributed by atoms with Crippen LogP contribution in [0.4, 0.5) is 4.39 Å². The van der Waals surface area contributed by atoms with E-state index in [0.29, 0.717) is 33.2 Å². The highest BCUT2D eigenvalue weighted by Crippen LogP contribution is 2.39. The first-order valence-electron chi connectivity index (χ1n) is 7.29. The molecular formula is C19H12Cl2FNO2. The van der Waals surface area contributed by atoms with Crippen molar-refractivity contribution in [3.63, 3.8) is 0 Å². The van der Waals surface area contributed by atoms with Crippen LogP contribution in [0.1, 0.15) is 10.4 Å². The van der Waals surface area contributed by atoms with E-state index in [1.54, 1.807) is 18.3 Å². The van der Waals surface area contributed by atoms with Crippen molar-refractivity contribution in [2.45, 2.75) is 0 Å². The molecule has 1 heterocycles. The van der Waals surface area contributed by atoms with Crippen molar-refractivity contribution in [1.82, 2.24) is 4.98 Å². The molecule has 0 aliphatic carbocycles. The summed E-state index contributed by atoms with van der Waals surface area (Å²) in [4.78, 5) is 15.3. The summed E-state index contributed by atoms with van der Waals surface area (Å²) in [6.07, 6.45) is 1.98. The molecule has 2 aromatic carbocycles. The minimum atomic E-state index is -0.703. The molecule has 126 valence electrons. The highest BCUT2D eigenvalue weighted by atomic mass is 35.5. The van der Waals surface area contributed by atoms with Crippen LogP contribution in [-0.2, 0) is 0 Å². The van der Waals surface area contributed by atoms with E-state index in [9.17, 15) is 9.18 Å². The van der Waals surface area contributed by atoms with E-state index in [0.717, 1.165) is 5.56 Å². The highest BCUT2D eigenvalue weighted by Gasteiger charge is 2.17. The first kappa shape index (κ1) is 17.4. The Morgan fingerprint density at radius 3 is 2.56 bits per heavy atom. The standard InChI is InChI=1S/C19H12Cl2FNO2/c1-25-17-9-11(8-16(22)14(17)10-24)19-18(21)13(6-7-23-19)12-4-2-3-5-15(12)20/h2-10H,1H3. The molecule has 0 atom stereocenters. The normalized spacial score (nSPS) is 10.6. The summed E-state index contributed by atoms with van der Waals surface area (Å²) in [6.45, 7) is 0. The average Bonchev–Trinajstić information content (AvgIpc) is 2.62. The second-order valence-electron chi connectivity index (χ2n) is 5.19. The number of aromatic nitrogens is 1. The van der Waals surface area contributed by atoms with Gasteiger partial charge in [-0.15, -0.1) is 0 Å². The van der Waals surface area contributed by atoms with Crippen molar-refractivity contribution < 1.29 is 13.9 Å². The van der Waals surface area contributed by atoms with Gasteiger partial charge in [0.2, 0.25) is 0 Å². The number of benzene rings is 2. The van der Waals surface area contributed by atoms with Crippen LogP contribution in [-0.4, -0.2) is 18.4 Å². The molecule has 0 spiro atoms. The van der Waals surface area contributed by atoms with Crippen LogP contribution in [0.25, 0.3) is 22.4 Å². The fourth-order valence-electron chi connectivity index (χ4n) is 2.55. The Morgan fingerprint density at radius 2 is 1.88 bits per heavy atom. The van der Waals surface area contributed by atoms with Gasteiger partial charge in [-0.2, -0.15) is 0 Å². The minimum Gasteiger partial charge on any atom is -0.496 e. The van der Waals surface area contributed by atoms with Crippen LogP contribution in [0.5, 0.6) is 5.75 Å². The Hall–Kier alpha value is -2.43. The molecule has 0 aliphatic rings. The number of aldehydes is 1. The lowest BCUT2D eigenvalue weighted by Crippen LogP contribution is -1.97. The fourth-order valence-corrected chi connectivity index (χ4v) is 3.11. The molecule has 0 fully saturated rings. The number of methoxy groups -OCH3 is 1. The Balaban J connectivity index is 2.20. The molecule has 3 rings (SSSR count). The number of carbonyl (C=O) groups is 1. The van der Waals surface area contributed by atoms with Gasteiger partial charge in [0.1, 0.15) is 11.6 Å². The number of nitrogens with zero attached hydrogens (tertiary/aromatic N) is 1. The molecule has 0 radical (unpaired) electrons. The van der Waals surface area contributed by atoms with Gasteiger partial charge in [-0.3, -0.25) is 9.78 Å². The summed E-state index contributed by atoms with van der Waals surface area (Å²) in [5.41, 5.74) is 2.04. The van der Waals surface area contributed by atoms with E-state index >= 15 is 0 Å². The third-order valence-corrected chi connectivity index (χ3v) is 4.47. The Bertz CT molecular complexity index is 960. The van der Waals surface area contributed by atoms with Crippen molar-refractivity contribution in [2.75, 3.05) is 7.11 Å². The topological polar surface area (TPSA) is 39.2 Å². The number of carbonyl (C=O) groups excluding carboxylic acids is 1. The first-order chi connectivity index (χ1) is 12.1. The van der Waals surface area contributed by atoms with Gasteiger partial charge in [0.05, 0.1) is 23.4 Å². The molecule has 6 heteroatoms. The lowest BCUT2D eigenvalue weighted by Gasteiger charge is -2.12. The average molecular weight is 376 g/mol. The van der Waals surface area contributed by atoms with Crippen molar-refractivity contribution in [1.29, 1.82) is 0 Å². The second kappa shape index (κ2) is 7.21. The van der Waals surface area contributed by atoms with Crippen molar-refractivity contribution >= 4 is 29.5 Å². The first-order valence-corrected chi connectivity index (χ1v) is 8.05. The van der Waals surface area contributed by atoms with Crippen molar-refractivity contribution in [3.05, 3.63) is 70.1 Å². The third kappa shape index (κ3) is 3.23. The molecule has 0 bridgehead atoms. The van der Waals surface area contributed by atoms with E-state index in [1.807, 2.05) is 18.2 Å². The lowest BCUT2D eigenvalue weighted by molar-refractivity contribution is 0.111. The number of ether oxygens (including phenoxy) is 1. The van der Waals surface area contributed by atoms with Gasteiger partial charge in [0, 0.05) is 27.9 Å². The molecule has 25 heavy (non-hydrogen) atoms. The van der Waals surface area contributed by atoms with Crippen LogP contribution in [0, 0.1) is 5.82 Å². The molecule has 0 amide bonds. The Kier molecular flexibility index (Phi) is 5.02. The number of halogens is 3. The molecule has 0 N–H and O–H groups in total.